The third kappa shape index (κ3) is 3.14. The second-order valence-corrected chi connectivity index (χ2v) is 4.64. The number of rotatable bonds is 4. The molecule has 74 valence electrons. The molecule has 0 spiro atoms. The molecule has 1 rings (SSSR count). The van der Waals surface area contributed by atoms with E-state index in [0.717, 1.165) is 0 Å². The lowest BCUT2D eigenvalue weighted by Gasteiger charge is -2.06. The van der Waals surface area contributed by atoms with Crippen molar-refractivity contribution in [2.24, 2.45) is 0 Å². The molecule has 0 saturated heterocycles. The lowest BCUT2D eigenvalue weighted by atomic mass is 10.5. The predicted octanol–water partition coefficient (Wildman–Crippen LogP) is 0.557. The molecule has 1 aromatic heterocycles. The molecule has 1 heterocycles. The van der Waals surface area contributed by atoms with Gasteiger partial charge < -0.3 is 9.84 Å². The van der Waals surface area contributed by atoms with Crippen LogP contribution in [0, 0.1) is 6.92 Å². The number of anilines is 1. The minimum Gasteiger partial charge on any atom is -0.337 e. The van der Waals surface area contributed by atoms with Crippen LogP contribution in [0.1, 0.15) is 12.7 Å². The molecule has 1 aromatic rings. The molecule has 0 saturated carbocycles. The molecule has 0 fully saturated rings. The summed E-state index contributed by atoms with van der Waals surface area (Å²) in [6.45, 7) is 4.22. The van der Waals surface area contributed by atoms with Gasteiger partial charge in [-0.3, -0.25) is 4.21 Å². The summed E-state index contributed by atoms with van der Waals surface area (Å²) in [5.74, 6) is 0.591. The Bertz CT molecular complexity index is 300. The van der Waals surface area contributed by atoms with Crippen LogP contribution in [0.4, 0.5) is 6.01 Å². The smallest absolute Gasteiger partial charge is 0.321 e. The Kier molecular flexibility index (Phi) is 3.41. The first-order valence-electron chi connectivity index (χ1n) is 3.96. The van der Waals surface area contributed by atoms with Crippen LogP contribution in [0.3, 0.4) is 0 Å². The fourth-order valence-electron chi connectivity index (χ4n) is 0.717. The average molecular weight is 203 g/mol. The van der Waals surface area contributed by atoms with Crippen molar-refractivity contribution in [3.05, 3.63) is 5.82 Å². The Morgan fingerprint density at radius 1 is 1.69 bits per heavy atom. The van der Waals surface area contributed by atoms with Crippen LogP contribution in [0.25, 0.3) is 0 Å². The van der Waals surface area contributed by atoms with E-state index >= 15 is 0 Å². The Morgan fingerprint density at radius 3 is 2.85 bits per heavy atom. The van der Waals surface area contributed by atoms with Crippen LogP contribution >= 0.6 is 0 Å². The van der Waals surface area contributed by atoms with Crippen LogP contribution in [0.2, 0.25) is 0 Å². The normalized spacial score (nSPS) is 15.3. The van der Waals surface area contributed by atoms with Gasteiger partial charge in [0.2, 0.25) is 0 Å². The van der Waals surface area contributed by atoms with E-state index in [4.69, 9.17) is 4.52 Å². The fourth-order valence-corrected chi connectivity index (χ4v) is 1.04. The minimum atomic E-state index is -0.830. The van der Waals surface area contributed by atoms with Crippen molar-refractivity contribution in [2.45, 2.75) is 19.1 Å². The van der Waals surface area contributed by atoms with Gasteiger partial charge in [0.25, 0.3) is 0 Å². The quantitative estimate of drug-likeness (QED) is 0.774. The lowest BCUT2D eigenvalue weighted by Crippen LogP contribution is -2.20. The van der Waals surface area contributed by atoms with E-state index < -0.39 is 10.8 Å². The largest absolute Gasteiger partial charge is 0.337 e. The number of aryl methyl sites for hydroxylation is 1. The van der Waals surface area contributed by atoms with Gasteiger partial charge in [0.1, 0.15) is 0 Å². The summed E-state index contributed by atoms with van der Waals surface area (Å²) in [5.41, 5.74) is 0. The average Bonchev–Trinajstić information content (AvgIpc) is 2.47. The Hall–Kier alpha value is -0.910. The fraction of sp³-hybridized carbons (Fsp3) is 0.714. The summed E-state index contributed by atoms with van der Waals surface area (Å²) in [6, 6.07) is 0.384. The molecule has 0 radical (unpaired) electrons. The maximum absolute atomic E-state index is 11.0. The number of nitrogens with one attached hydrogen (secondary N) is 1. The summed E-state index contributed by atoms with van der Waals surface area (Å²) in [4.78, 5) is 3.95. The van der Waals surface area contributed by atoms with Gasteiger partial charge in [0.15, 0.2) is 5.82 Å². The second kappa shape index (κ2) is 4.36. The van der Waals surface area contributed by atoms with Gasteiger partial charge in [-0.1, -0.05) is 5.16 Å². The molecule has 0 bridgehead atoms. The first-order chi connectivity index (χ1) is 6.09. The van der Waals surface area contributed by atoms with Gasteiger partial charge in [-0.25, -0.2) is 0 Å². The molecule has 0 aliphatic heterocycles. The Morgan fingerprint density at radius 2 is 2.38 bits per heavy atom. The molecular weight excluding hydrogens is 190 g/mol. The van der Waals surface area contributed by atoms with Crippen LogP contribution in [-0.2, 0) is 10.8 Å². The van der Waals surface area contributed by atoms with Gasteiger partial charge in [-0.15, -0.1) is 0 Å². The molecule has 13 heavy (non-hydrogen) atoms. The Labute approximate surface area is 79.4 Å². The molecule has 0 aliphatic carbocycles. The first-order valence-corrected chi connectivity index (χ1v) is 5.58. The van der Waals surface area contributed by atoms with E-state index in [2.05, 4.69) is 15.5 Å². The third-order valence-corrected chi connectivity index (χ3v) is 2.93. The van der Waals surface area contributed by atoms with Gasteiger partial charge in [0.05, 0.1) is 0 Å². The van der Waals surface area contributed by atoms with Gasteiger partial charge in [-0.05, 0) is 13.8 Å². The van der Waals surface area contributed by atoms with Gasteiger partial charge in [-0.2, -0.15) is 4.98 Å². The first kappa shape index (κ1) is 10.2. The van der Waals surface area contributed by atoms with Gasteiger partial charge in [0, 0.05) is 28.9 Å². The maximum atomic E-state index is 11.0. The summed E-state index contributed by atoms with van der Waals surface area (Å²) in [5, 5.41) is 6.60. The van der Waals surface area contributed by atoms with Crippen LogP contribution in [0.15, 0.2) is 4.52 Å². The zero-order valence-corrected chi connectivity index (χ0v) is 8.72. The van der Waals surface area contributed by atoms with E-state index in [1.807, 2.05) is 6.92 Å². The highest BCUT2D eigenvalue weighted by molar-refractivity contribution is 7.84. The Balaban J connectivity index is 2.39. The number of hydrogen-bond acceptors (Lipinski definition) is 5. The second-order valence-electron chi connectivity index (χ2n) is 2.84. The predicted molar refractivity (Wildman–Crippen MR) is 51.1 cm³/mol. The van der Waals surface area contributed by atoms with E-state index in [0.29, 0.717) is 18.4 Å². The van der Waals surface area contributed by atoms with E-state index in [-0.39, 0.29) is 5.25 Å². The van der Waals surface area contributed by atoms with E-state index in [9.17, 15) is 4.21 Å². The molecule has 0 amide bonds. The van der Waals surface area contributed by atoms with Crippen LogP contribution in [0.5, 0.6) is 0 Å². The number of hydrogen-bond donors (Lipinski definition) is 1. The van der Waals surface area contributed by atoms with Crippen molar-refractivity contribution in [3.8, 4) is 0 Å². The molecule has 0 aliphatic rings. The summed E-state index contributed by atoms with van der Waals surface area (Å²) in [7, 11) is -0.830. The highest BCUT2D eigenvalue weighted by atomic mass is 32.2. The third-order valence-electron chi connectivity index (χ3n) is 1.63. The minimum absolute atomic E-state index is 0.0761. The lowest BCUT2D eigenvalue weighted by molar-refractivity contribution is 0.425. The van der Waals surface area contributed by atoms with E-state index in [1.54, 1.807) is 13.2 Å². The highest BCUT2D eigenvalue weighted by Gasteiger charge is 2.07. The van der Waals surface area contributed by atoms with Crippen molar-refractivity contribution in [1.82, 2.24) is 10.1 Å². The van der Waals surface area contributed by atoms with Crippen molar-refractivity contribution in [1.29, 1.82) is 0 Å². The van der Waals surface area contributed by atoms with Crippen LogP contribution in [-0.4, -0.2) is 32.4 Å². The zero-order valence-electron chi connectivity index (χ0n) is 7.90. The molecule has 5 nitrogen and oxygen atoms in total. The van der Waals surface area contributed by atoms with Gasteiger partial charge >= 0.3 is 6.01 Å². The summed E-state index contributed by atoms with van der Waals surface area (Å²) >= 11 is 0. The van der Waals surface area contributed by atoms with Crippen LogP contribution < -0.4 is 5.32 Å². The monoisotopic (exact) mass is 203 g/mol. The maximum Gasteiger partial charge on any atom is 0.321 e. The molecule has 2 unspecified atom stereocenters. The van der Waals surface area contributed by atoms with E-state index in [1.165, 1.54) is 0 Å². The number of aromatic nitrogens is 2. The topological polar surface area (TPSA) is 68.0 Å². The standard InChI is InChI=1S/C7H13N3O2S/c1-5(13(3)11)4-8-7-9-6(2)10-12-7/h5H,4H2,1-3H3,(H,8,9,10). The summed E-state index contributed by atoms with van der Waals surface area (Å²) < 4.78 is 15.8. The SMILES string of the molecule is Cc1noc(NCC(C)S(C)=O)n1. The summed E-state index contributed by atoms with van der Waals surface area (Å²) in [6.07, 6.45) is 1.67. The highest BCUT2D eigenvalue weighted by Crippen LogP contribution is 2.02. The molecule has 1 N–H and O–H groups in total. The number of nitrogens with zero attached hydrogens (tertiary/aromatic N) is 2. The zero-order chi connectivity index (χ0) is 9.84. The molecular formula is C7H13N3O2S. The molecule has 2 atom stereocenters. The van der Waals surface area contributed by atoms with Crippen molar-refractivity contribution in [3.63, 3.8) is 0 Å². The van der Waals surface area contributed by atoms with Crippen molar-refractivity contribution in [2.75, 3.05) is 18.1 Å². The van der Waals surface area contributed by atoms with Crippen molar-refractivity contribution >= 4 is 16.8 Å². The van der Waals surface area contributed by atoms with Crippen molar-refractivity contribution < 1.29 is 8.73 Å². The molecule has 6 heteroatoms. The molecule has 0 aromatic carbocycles.